The van der Waals surface area contributed by atoms with Gasteiger partial charge in [-0.2, -0.15) is 0 Å². The number of hydrogen-bond donors (Lipinski definition) is 2. The molecule has 2 aromatic carbocycles. The number of rotatable bonds is 7. The van der Waals surface area contributed by atoms with Crippen molar-refractivity contribution in [2.45, 2.75) is 17.9 Å². The minimum Gasteiger partial charge on any atom is -0.479 e. The van der Waals surface area contributed by atoms with Crippen molar-refractivity contribution in [2.24, 2.45) is 5.14 Å². The van der Waals surface area contributed by atoms with Crippen LogP contribution < -0.4 is 15.2 Å². The molecule has 0 aliphatic carbocycles. The number of amides is 1. The van der Waals surface area contributed by atoms with E-state index in [4.69, 9.17) is 26.2 Å². The number of carbonyl (C=O) groups is 2. The molecule has 8 nitrogen and oxygen atoms in total. The molecule has 144 valence electrons. The predicted octanol–water partition coefficient (Wildman–Crippen LogP) is 1.94. The number of nitrogens with one attached hydrogen (secondary N) is 1. The summed E-state index contributed by atoms with van der Waals surface area (Å²) in [7, 11) is -3.89. The zero-order valence-corrected chi connectivity index (χ0v) is 15.8. The molecule has 3 N–H and O–H groups in total. The summed E-state index contributed by atoms with van der Waals surface area (Å²) in [5.41, 5.74) is 0.202. The Morgan fingerprint density at radius 1 is 1.19 bits per heavy atom. The summed E-state index contributed by atoms with van der Waals surface area (Å²) in [5, 5.41) is 7.97. The van der Waals surface area contributed by atoms with Crippen molar-refractivity contribution in [3.63, 3.8) is 0 Å². The van der Waals surface area contributed by atoms with Gasteiger partial charge in [0.15, 0.2) is 12.7 Å². The number of ether oxygens (including phenoxy) is 2. The van der Waals surface area contributed by atoms with Gasteiger partial charge in [-0.1, -0.05) is 17.7 Å². The first-order valence-electron chi connectivity index (χ1n) is 7.67. The van der Waals surface area contributed by atoms with Crippen molar-refractivity contribution in [1.29, 1.82) is 0 Å². The van der Waals surface area contributed by atoms with Gasteiger partial charge in [0, 0.05) is 10.7 Å². The Morgan fingerprint density at radius 2 is 1.85 bits per heavy atom. The monoisotopic (exact) mass is 412 g/mol. The first-order valence-corrected chi connectivity index (χ1v) is 9.59. The second-order valence-electron chi connectivity index (χ2n) is 5.44. The van der Waals surface area contributed by atoms with Gasteiger partial charge in [-0.15, -0.1) is 0 Å². The van der Waals surface area contributed by atoms with Crippen LogP contribution in [0.5, 0.6) is 5.75 Å². The third-order valence-electron chi connectivity index (χ3n) is 3.25. The Hall–Kier alpha value is -2.62. The van der Waals surface area contributed by atoms with E-state index in [1.165, 1.54) is 31.2 Å². The SMILES string of the molecule is C[C@@H](Oc1ccc(Cl)cc1)C(=O)OCC(=O)Nc1cccc(S(N)(=O)=O)c1. The van der Waals surface area contributed by atoms with Crippen molar-refractivity contribution in [3.8, 4) is 5.75 Å². The van der Waals surface area contributed by atoms with Crippen LogP contribution in [0, 0.1) is 0 Å². The van der Waals surface area contributed by atoms with Gasteiger partial charge in [-0.3, -0.25) is 4.79 Å². The highest BCUT2D eigenvalue weighted by molar-refractivity contribution is 7.89. The van der Waals surface area contributed by atoms with Gasteiger partial charge in [0.1, 0.15) is 5.75 Å². The molecule has 10 heteroatoms. The maximum absolute atomic E-state index is 11.9. The van der Waals surface area contributed by atoms with Gasteiger partial charge in [-0.05, 0) is 49.4 Å². The second-order valence-corrected chi connectivity index (χ2v) is 7.44. The maximum atomic E-state index is 11.9. The average molecular weight is 413 g/mol. The van der Waals surface area contributed by atoms with Crippen LogP contribution in [0.3, 0.4) is 0 Å². The summed E-state index contributed by atoms with van der Waals surface area (Å²) in [5.74, 6) is -0.958. The Bertz CT molecular complexity index is 931. The fraction of sp³-hybridized carbons (Fsp3) is 0.176. The molecule has 0 saturated carbocycles. The molecule has 0 aliphatic heterocycles. The first-order chi connectivity index (χ1) is 12.6. The molecule has 0 unspecified atom stereocenters. The number of carbonyl (C=O) groups excluding carboxylic acids is 2. The van der Waals surface area contributed by atoms with E-state index in [0.717, 1.165) is 0 Å². The molecule has 0 fully saturated rings. The van der Waals surface area contributed by atoms with Gasteiger partial charge in [0.2, 0.25) is 10.0 Å². The number of nitrogens with two attached hydrogens (primary N) is 1. The molecular formula is C17H17ClN2O6S. The Balaban J connectivity index is 1.85. The lowest BCUT2D eigenvalue weighted by Crippen LogP contribution is -2.29. The van der Waals surface area contributed by atoms with Crippen molar-refractivity contribution >= 4 is 39.2 Å². The van der Waals surface area contributed by atoms with Gasteiger partial charge < -0.3 is 14.8 Å². The first kappa shape index (κ1) is 20.7. The highest BCUT2D eigenvalue weighted by atomic mass is 35.5. The van der Waals surface area contributed by atoms with E-state index < -0.39 is 34.6 Å². The van der Waals surface area contributed by atoms with Gasteiger partial charge in [0.25, 0.3) is 5.91 Å². The van der Waals surface area contributed by atoms with Crippen molar-refractivity contribution in [2.75, 3.05) is 11.9 Å². The number of primary sulfonamides is 1. The fourth-order valence-corrected chi connectivity index (χ4v) is 2.65. The molecule has 0 bridgehead atoms. The summed E-state index contributed by atoms with van der Waals surface area (Å²) in [6.45, 7) is 0.914. The number of sulfonamides is 1. The van der Waals surface area contributed by atoms with Crippen molar-refractivity contribution < 1.29 is 27.5 Å². The van der Waals surface area contributed by atoms with E-state index in [1.807, 2.05) is 0 Å². The van der Waals surface area contributed by atoms with Crippen LogP contribution >= 0.6 is 11.6 Å². The third-order valence-corrected chi connectivity index (χ3v) is 4.41. The zero-order chi connectivity index (χ0) is 20.0. The molecule has 1 amide bonds. The maximum Gasteiger partial charge on any atom is 0.347 e. The number of halogens is 1. The topological polar surface area (TPSA) is 125 Å². The number of esters is 1. The summed E-state index contributed by atoms with van der Waals surface area (Å²) >= 11 is 5.76. The summed E-state index contributed by atoms with van der Waals surface area (Å²) < 4.78 is 32.9. The quantitative estimate of drug-likeness (QED) is 0.669. The van der Waals surface area contributed by atoms with Crippen LogP contribution in [0.4, 0.5) is 5.69 Å². The molecular weight excluding hydrogens is 396 g/mol. The van der Waals surface area contributed by atoms with Crippen LogP contribution in [0.15, 0.2) is 53.4 Å². The van der Waals surface area contributed by atoms with E-state index in [0.29, 0.717) is 10.8 Å². The van der Waals surface area contributed by atoms with Crippen LogP contribution in [-0.2, 0) is 24.3 Å². The molecule has 0 aliphatic rings. The zero-order valence-electron chi connectivity index (χ0n) is 14.2. The Kier molecular flexibility index (Phi) is 6.78. The molecule has 0 aromatic heterocycles. The molecule has 27 heavy (non-hydrogen) atoms. The predicted molar refractivity (Wildman–Crippen MR) is 98.9 cm³/mol. The fourth-order valence-electron chi connectivity index (χ4n) is 1.97. The molecule has 0 saturated heterocycles. The average Bonchev–Trinajstić information content (AvgIpc) is 2.61. The molecule has 2 rings (SSSR count). The highest BCUT2D eigenvalue weighted by Gasteiger charge is 2.18. The molecule has 0 spiro atoms. The van der Waals surface area contributed by atoms with Crippen LogP contribution in [0.2, 0.25) is 5.02 Å². The van der Waals surface area contributed by atoms with E-state index in [9.17, 15) is 18.0 Å². The van der Waals surface area contributed by atoms with Crippen LogP contribution in [-0.4, -0.2) is 33.0 Å². The van der Waals surface area contributed by atoms with Crippen molar-refractivity contribution in [1.82, 2.24) is 0 Å². The third kappa shape index (κ3) is 6.55. The molecule has 0 heterocycles. The normalized spacial score (nSPS) is 12.1. The highest BCUT2D eigenvalue weighted by Crippen LogP contribution is 2.17. The van der Waals surface area contributed by atoms with E-state index in [2.05, 4.69) is 5.32 Å². The van der Waals surface area contributed by atoms with Crippen LogP contribution in [0.1, 0.15) is 6.92 Å². The summed E-state index contributed by atoms with van der Waals surface area (Å²) in [6, 6.07) is 11.8. The Morgan fingerprint density at radius 3 is 2.48 bits per heavy atom. The standard InChI is InChI=1S/C17H17ClN2O6S/c1-11(26-14-7-5-12(18)6-8-14)17(22)25-10-16(21)20-13-3-2-4-15(9-13)27(19,23)24/h2-9,11H,10H2,1H3,(H,20,21)(H2,19,23,24)/t11-/m1/s1. The lowest BCUT2D eigenvalue weighted by Gasteiger charge is -2.14. The van der Waals surface area contributed by atoms with Crippen LogP contribution in [0.25, 0.3) is 0 Å². The van der Waals surface area contributed by atoms with Gasteiger partial charge >= 0.3 is 5.97 Å². The van der Waals surface area contributed by atoms with E-state index >= 15 is 0 Å². The Labute approximate surface area is 161 Å². The van der Waals surface area contributed by atoms with Gasteiger partial charge in [0.05, 0.1) is 4.90 Å². The second kappa shape index (κ2) is 8.85. The molecule has 2 aromatic rings. The number of benzene rings is 2. The molecule has 1 atom stereocenters. The minimum absolute atomic E-state index is 0.151. The smallest absolute Gasteiger partial charge is 0.347 e. The number of hydrogen-bond acceptors (Lipinski definition) is 6. The minimum atomic E-state index is -3.89. The summed E-state index contributed by atoms with van der Waals surface area (Å²) in [6.07, 6.45) is -0.940. The van der Waals surface area contributed by atoms with Crippen molar-refractivity contribution in [3.05, 3.63) is 53.6 Å². The van der Waals surface area contributed by atoms with Gasteiger partial charge in [-0.25, -0.2) is 18.4 Å². The largest absolute Gasteiger partial charge is 0.479 e. The van der Waals surface area contributed by atoms with E-state index in [-0.39, 0.29) is 10.6 Å². The molecule has 0 radical (unpaired) electrons. The summed E-state index contributed by atoms with van der Waals surface area (Å²) in [4.78, 5) is 23.6. The lowest BCUT2D eigenvalue weighted by molar-refractivity contribution is -0.153. The lowest BCUT2D eigenvalue weighted by atomic mass is 10.3. The van der Waals surface area contributed by atoms with E-state index in [1.54, 1.807) is 24.3 Å². The number of anilines is 1.